The van der Waals surface area contributed by atoms with Gasteiger partial charge in [0.15, 0.2) is 17.5 Å². The van der Waals surface area contributed by atoms with Crippen LogP contribution in [0.1, 0.15) is 22.3 Å². The second-order valence-electron chi connectivity index (χ2n) is 16.7. The lowest BCUT2D eigenvalue weighted by atomic mass is 9.61. The molecule has 0 fully saturated rings. The fourth-order valence-electron chi connectivity index (χ4n) is 10.8. The molecule has 3 aromatic heterocycles. The number of aromatic nitrogens is 5. The van der Waals surface area contributed by atoms with E-state index in [0.717, 1.165) is 61.4 Å². The Kier molecular flexibility index (Phi) is 7.22. The van der Waals surface area contributed by atoms with Crippen molar-refractivity contribution in [2.75, 3.05) is 0 Å². The molecule has 14 rings (SSSR count). The molecule has 0 radical (unpaired) electrons. The summed E-state index contributed by atoms with van der Waals surface area (Å²) < 4.78 is 11.9. The second kappa shape index (κ2) is 13.2. The van der Waals surface area contributed by atoms with Gasteiger partial charge in [0.25, 0.3) is 0 Å². The van der Waals surface area contributed by atoms with Gasteiger partial charge in [0, 0.05) is 61.1 Å². The van der Waals surface area contributed by atoms with Crippen LogP contribution in [0.2, 0.25) is 0 Å². The van der Waals surface area contributed by atoms with E-state index in [1.165, 1.54) is 44.0 Å². The van der Waals surface area contributed by atoms with E-state index in [2.05, 4.69) is 161 Å². The molecule has 0 N–H and O–H groups in total. The molecule has 2 aliphatic heterocycles. The first-order chi connectivity index (χ1) is 31.7. The highest BCUT2D eigenvalue weighted by atomic mass is 16.5. The van der Waals surface area contributed by atoms with Gasteiger partial charge < -0.3 is 13.9 Å². The standard InChI is InChI=1S/C58H35N5O/c1-3-16-36(17-4-1)55-59-56(37-18-5-2-6-19-37)61-57(60-55)38-30-32-39(33-31-38)62-48-26-11-8-21-41(48)43-34-47-53(35-51(43)62)64-52-29-14-10-24-45(52)58(47)44-23-9-13-28-50(44)63-49-27-12-7-20-40(49)42-22-15-25-46(58)54(42)63/h1-35H. The van der Waals surface area contributed by atoms with Crippen molar-refractivity contribution in [2.45, 2.75) is 5.41 Å². The van der Waals surface area contributed by atoms with Crippen LogP contribution < -0.4 is 4.74 Å². The van der Waals surface area contributed by atoms with Crippen LogP contribution in [-0.2, 0) is 5.41 Å². The minimum absolute atomic E-state index is 0.620. The van der Waals surface area contributed by atoms with Gasteiger partial charge in [-0.1, -0.05) is 152 Å². The number of ether oxygens (including phenoxy) is 1. The molecular weight excluding hydrogens is 783 g/mol. The Morgan fingerprint density at radius 1 is 0.344 bits per heavy atom. The molecule has 0 saturated heterocycles. The van der Waals surface area contributed by atoms with Gasteiger partial charge in [-0.15, -0.1) is 0 Å². The minimum Gasteiger partial charge on any atom is -0.457 e. The summed E-state index contributed by atoms with van der Waals surface area (Å²) in [6.45, 7) is 0. The number of nitrogens with zero attached hydrogens (tertiary/aromatic N) is 5. The lowest BCUT2D eigenvalue weighted by Gasteiger charge is -2.45. The SMILES string of the molecule is c1ccc(-c2nc(-c3ccccc3)nc(-c3ccc(-n4c5ccccc5c5cc6c(cc54)Oc4ccccc4C64c5ccccc5-n5c6ccccc6c6cccc4c65)cc3)n2)cc1. The monoisotopic (exact) mass is 817 g/mol. The van der Waals surface area contributed by atoms with Crippen molar-refractivity contribution >= 4 is 43.6 Å². The number of rotatable bonds is 4. The zero-order chi connectivity index (χ0) is 41.9. The maximum absolute atomic E-state index is 7.09. The Balaban J connectivity index is 0.993. The van der Waals surface area contributed by atoms with E-state index >= 15 is 0 Å². The molecule has 5 heterocycles. The zero-order valence-electron chi connectivity index (χ0n) is 34.4. The molecule has 6 heteroatoms. The molecule has 0 bridgehead atoms. The lowest BCUT2D eigenvalue weighted by molar-refractivity contribution is 0.434. The quantitative estimate of drug-likeness (QED) is 0.177. The summed E-state index contributed by atoms with van der Waals surface area (Å²) >= 11 is 0. The van der Waals surface area contributed by atoms with Gasteiger partial charge in [-0.25, -0.2) is 15.0 Å². The van der Waals surface area contributed by atoms with E-state index in [0.29, 0.717) is 17.5 Å². The van der Waals surface area contributed by atoms with E-state index in [1.807, 2.05) is 60.7 Å². The van der Waals surface area contributed by atoms with E-state index in [9.17, 15) is 0 Å². The molecule has 64 heavy (non-hydrogen) atoms. The van der Waals surface area contributed by atoms with Crippen molar-refractivity contribution in [3.05, 3.63) is 235 Å². The lowest BCUT2D eigenvalue weighted by Crippen LogP contribution is -2.37. The predicted molar refractivity (Wildman–Crippen MR) is 257 cm³/mol. The van der Waals surface area contributed by atoms with Crippen molar-refractivity contribution < 1.29 is 4.74 Å². The second-order valence-corrected chi connectivity index (χ2v) is 16.7. The summed E-state index contributed by atoms with van der Waals surface area (Å²) in [7, 11) is 0. The number of hydrogen-bond donors (Lipinski definition) is 0. The number of benzene rings is 9. The van der Waals surface area contributed by atoms with Crippen LogP contribution in [-0.4, -0.2) is 24.1 Å². The van der Waals surface area contributed by atoms with E-state index < -0.39 is 5.41 Å². The molecule has 1 unspecified atom stereocenters. The first-order valence-corrected chi connectivity index (χ1v) is 21.7. The summed E-state index contributed by atoms with van der Waals surface area (Å²) in [6, 6.07) is 75.4. The van der Waals surface area contributed by atoms with E-state index in [-0.39, 0.29) is 0 Å². The van der Waals surface area contributed by atoms with E-state index in [1.54, 1.807) is 0 Å². The fraction of sp³-hybridized carbons (Fsp3) is 0.0172. The Labute approximate surface area is 368 Å². The van der Waals surface area contributed by atoms with Gasteiger partial charge in [-0.05, 0) is 65.7 Å². The molecule has 0 saturated carbocycles. The van der Waals surface area contributed by atoms with Crippen molar-refractivity contribution in [2.24, 2.45) is 0 Å². The van der Waals surface area contributed by atoms with Crippen molar-refractivity contribution in [3.63, 3.8) is 0 Å². The molecule has 1 spiro atoms. The third-order valence-electron chi connectivity index (χ3n) is 13.4. The minimum atomic E-state index is -0.661. The normalized spacial score (nSPS) is 14.8. The highest BCUT2D eigenvalue weighted by Gasteiger charge is 2.50. The Hall–Kier alpha value is -8.61. The van der Waals surface area contributed by atoms with Gasteiger partial charge in [0.2, 0.25) is 0 Å². The van der Waals surface area contributed by atoms with Crippen LogP contribution in [0.15, 0.2) is 212 Å². The van der Waals surface area contributed by atoms with Gasteiger partial charge in [0.05, 0.1) is 33.2 Å². The Bertz CT molecular complexity index is 3810. The first kappa shape index (κ1) is 35.0. The van der Waals surface area contributed by atoms with Crippen LogP contribution in [0.4, 0.5) is 0 Å². The number of hydrogen-bond acceptors (Lipinski definition) is 4. The van der Waals surface area contributed by atoms with Gasteiger partial charge in [0.1, 0.15) is 11.5 Å². The molecule has 1 atom stereocenters. The Morgan fingerprint density at radius 3 is 1.58 bits per heavy atom. The van der Waals surface area contributed by atoms with Crippen LogP contribution in [0.25, 0.3) is 89.2 Å². The van der Waals surface area contributed by atoms with Gasteiger partial charge in [-0.2, -0.15) is 0 Å². The summed E-state index contributed by atoms with van der Waals surface area (Å²) in [5, 5.41) is 4.83. The largest absolute Gasteiger partial charge is 0.457 e. The number of fused-ring (bicyclic) bond motifs is 14. The summed E-state index contributed by atoms with van der Waals surface area (Å²) in [5.41, 5.74) is 13.7. The molecular formula is C58H35N5O. The molecule has 298 valence electrons. The fourth-order valence-corrected chi connectivity index (χ4v) is 10.8. The average molecular weight is 818 g/mol. The van der Waals surface area contributed by atoms with Crippen LogP contribution >= 0.6 is 0 Å². The molecule has 0 amide bonds. The first-order valence-electron chi connectivity index (χ1n) is 21.7. The third kappa shape index (κ3) is 4.76. The smallest absolute Gasteiger partial charge is 0.164 e. The van der Waals surface area contributed by atoms with Crippen LogP contribution in [0.5, 0.6) is 11.5 Å². The summed E-state index contributed by atoms with van der Waals surface area (Å²) in [6.07, 6.45) is 0. The topological polar surface area (TPSA) is 57.8 Å². The van der Waals surface area contributed by atoms with Crippen LogP contribution in [0.3, 0.4) is 0 Å². The van der Waals surface area contributed by atoms with Crippen molar-refractivity contribution in [3.8, 4) is 57.0 Å². The molecule has 2 aliphatic rings. The van der Waals surface area contributed by atoms with E-state index in [4.69, 9.17) is 19.7 Å². The average Bonchev–Trinajstić information content (AvgIpc) is 3.88. The Morgan fingerprint density at radius 2 is 0.875 bits per heavy atom. The molecule has 6 nitrogen and oxygen atoms in total. The highest BCUT2D eigenvalue weighted by molar-refractivity contribution is 6.13. The third-order valence-corrected chi connectivity index (χ3v) is 13.4. The maximum atomic E-state index is 7.09. The predicted octanol–water partition coefficient (Wildman–Crippen LogP) is 13.9. The number of para-hydroxylation sites is 5. The maximum Gasteiger partial charge on any atom is 0.164 e. The summed E-state index contributed by atoms with van der Waals surface area (Å²) in [5.74, 6) is 3.60. The molecule has 9 aromatic carbocycles. The van der Waals surface area contributed by atoms with Crippen LogP contribution in [0, 0.1) is 0 Å². The van der Waals surface area contributed by atoms with Gasteiger partial charge in [-0.3, -0.25) is 0 Å². The van der Waals surface area contributed by atoms with Crippen molar-refractivity contribution in [1.82, 2.24) is 24.1 Å². The summed E-state index contributed by atoms with van der Waals surface area (Å²) in [4.78, 5) is 14.9. The molecule has 0 aliphatic carbocycles. The zero-order valence-corrected chi connectivity index (χ0v) is 34.4. The van der Waals surface area contributed by atoms with Crippen molar-refractivity contribution in [1.29, 1.82) is 0 Å². The highest BCUT2D eigenvalue weighted by Crippen LogP contribution is 2.61. The van der Waals surface area contributed by atoms with Gasteiger partial charge >= 0.3 is 0 Å². The molecule has 12 aromatic rings.